The minimum Gasteiger partial charge on any atom is -0.337 e. The van der Waals surface area contributed by atoms with E-state index < -0.39 is 11.4 Å². The molecule has 2 aliphatic rings. The van der Waals surface area contributed by atoms with E-state index in [1.807, 2.05) is 0 Å². The number of carbonyl (C=O) groups is 1. The first-order valence-electron chi connectivity index (χ1n) is 11.5. The molecule has 2 aromatic heterocycles. The maximum Gasteiger partial charge on any atom is 0.267 e. The number of thiophene rings is 1. The van der Waals surface area contributed by atoms with Gasteiger partial charge in [0.1, 0.15) is 16.2 Å². The number of nitrogens with one attached hydrogen (secondary N) is 1. The van der Waals surface area contributed by atoms with Gasteiger partial charge in [-0.2, -0.15) is 5.26 Å². The van der Waals surface area contributed by atoms with Crippen molar-refractivity contribution >= 4 is 39.2 Å². The Balaban J connectivity index is 1.54. The Bertz CT molecular complexity index is 1390. The monoisotopic (exact) mass is 496 g/mol. The molecule has 6 nitrogen and oxygen atoms in total. The summed E-state index contributed by atoms with van der Waals surface area (Å²) in [6, 6.07) is 8.33. The molecule has 1 aromatic carbocycles. The summed E-state index contributed by atoms with van der Waals surface area (Å²) in [5, 5.41) is 13.2. The molecular formula is C25H25FN4O2S2. The lowest BCUT2D eigenvalue weighted by Crippen LogP contribution is -2.47. The van der Waals surface area contributed by atoms with Crippen LogP contribution in [-0.2, 0) is 17.6 Å². The molecule has 5 rings (SSSR count). The maximum absolute atomic E-state index is 14.8. The van der Waals surface area contributed by atoms with Crippen molar-refractivity contribution < 1.29 is 9.18 Å². The van der Waals surface area contributed by atoms with Gasteiger partial charge in [0.25, 0.3) is 5.56 Å². The number of hydrogen-bond donors (Lipinski definition) is 1. The molecule has 2 atom stereocenters. The number of fused-ring (bicyclic) bond motifs is 3. The molecule has 0 spiro atoms. The Labute approximate surface area is 205 Å². The SMILES string of the molecule is CC1CCc2c(sc3nc(SCC(=O)NC(C)(C#N)C4CC4)n(-c4ccccc4F)c(=O)c23)C1. The molecular weight excluding hydrogens is 471 g/mol. The van der Waals surface area contributed by atoms with Crippen LogP contribution in [0.3, 0.4) is 0 Å². The smallest absolute Gasteiger partial charge is 0.267 e. The Kier molecular flexibility index (Phi) is 5.98. The Morgan fingerprint density at radius 2 is 2.15 bits per heavy atom. The average Bonchev–Trinajstić information content (AvgIpc) is 3.60. The largest absolute Gasteiger partial charge is 0.337 e. The van der Waals surface area contributed by atoms with Gasteiger partial charge in [-0.15, -0.1) is 11.3 Å². The number of thioether (sulfide) groups is 1. The quantitative estimate of drug-likeness (QED) is 0.398. The summed E-state index contributed by atoms with van der Waals surface area (Å²) in [5.41, 5.74) is -0.0492. The Morgan fingerprint density at radius 1 is 1.38 bits per heavy atom. The van der Waals surface area contributed by atoms with Crippen LogP contribution in [0.4, 0.5) is 4.39 Å². The third-order valence-corrected chi connectivity index (χ3v) is 8.84. The minimum absolute atomic E-state index is 0.0293. The van der Waals surface area contributed by atoms with Gasteiger partial charge in [-0.3, -0.25) is 14.2 Å². The first-order chi connectivity index (χ1) is 16.3. The molecule has 2 aliphatic carbocycles. The van der Waals surface area contributed by atoms with E-state index >= 15 is 0 Å². The summed E-state index contributed by atoms with van der Waals surface area (Å²) in [6.45, 7) is 3.94. The second-order valence-electron chi connectivity index (χ2n) is 9.44. The number of benzene rings is 1. The van der Waals surface area contributed by atoms with Crippen molar-refractivity contribution in [3.05, 3.63) is 50.9 Å². The highest BCUT2D eigenvalue weighted by atomic mass is 32.2. The Hall–Kier alpha value is -2.70. The van der Waals surface area contributed by atoms with Crippen LogP contribution in [0.25, 0.3) is 15.9 Å². The molecule has 0 saturated heterocycles. The van der Waals surface area contributed by atoms with E-state index in [2.05, 4.69) is 18.3 Å². The number of aromatic nitrogens is 2. The van der Waals surface area contributed by atoms with Crippen LogP contribution in [-0.4, -0.2) is 26.8 Å². The topological polar surface area (TPSA) is 87.8 Å². The predicted molar refractivity (Wildman–Crippen MR) is 132 cm³/mol. The van der Waals surface area contributed by atoms with Gasteiger partial charge in [-0.05, 0) is 68.6 Å². The van der Waals surface area contributed by atoms with Crippen LogP contribution < -0.4 is 10.9 Å². The summed E-state index contributed by atoms with van der Waals surface area (Å²) in [5.74, 6) is -0.154. The second-order valence-corrected chi connectivity index (χ2v) is 11.5. The van der Waals surface area contributed by atoms with Crippen molar-refractivity contribution in [1.82, 2.24) is 14.9 Å². The van der Waals surface area contributed by atoms with E-state index in [0.717, 1.165) is 49.4 Å². The number of nitriles is 1. The number of halogens is 1. The van der Waals surface area contributed by atoms with E-state index in [0.29, 0.717) is 16.1 Å². The van der Waals surface area contributed by atoms with Gasteiger partial charge >= 0.3 is 0 Å². The van der Waals surface area contributed by atoms with Crippen LogP contribution >= 0.6 is 23.1 Å². The van der Waals surface area contributed by atoms with Crippen molar-refractivity contribution in [2.75, 3.05) is 5.75 Å². The van der Waals surface area contributed by atoms with E-state index in [4.69, 9.17) is 4.98 Å². The van der Waals surface area contributed by atoms with Crippen molar-refractivity contribution in [3.63, 3.8) is 0 Å². The third kappa shape index (κ3) is 4.14. The van der Waals surface area contributed by atoms with Gasteiger partial charge in [0.05, 0.1) is 22.9 Å². The van der Waals surface area contributed by atoms with Crippen molar-refractivity contribution in [3.8, 4) is 11.8 Å². The van der Waals surface area contributed by atoms with Crippen molar-refractivity contribution in [2.24, 2.45) is 11.8 Å². The van der Waals surface area contributed by atoms with Crippen LogP contribution in [0.5, 0.6) is 0 Å². The van der Waals surface area contributed by atoms with Crippen molar-refractivity contribution in [1.29, 1.82) is 5.26 Å². The number of amides is 1. The summed E-state index contributed by atoms with van der Waals surface area (Å²) in [4.78, 5) is 33.0. The molecule has 1 fully saturated rings. The second kappa shape index (κ2) is 8.82. The van der Waals surface area contributed by atoms with Gasteiger partial charge in [0.2, 0.25) is 5.91 Å². The number of hydrogen-bond acceptors (Lipinski definition) is 6. The molecule has 2 unspecified atom stereocenters. The highest BCUT2D eigenvalue weighted by Crippen LogP contribution is 2.39. The normalized spacial score (nSPS) is 19.3. The Morgan fingerprint density at radius 3 is 2.85 bits per heavy atom. The first kappa shape index (κ1) is 23.1. The molecule has 9 heteroatoms. The summed E-state index contributed by atoms with van der Waals surface area (Å²) in [7, 11) is 0. The van der Waals surface area contributed by atoms with Gasteiger partial charge in [0, 0.05) is 4.88 Å². The van der Waals surface area contributed by atoms with Gasteiger partial charge in [-0.1, -0.05) is 30.8 Å². The summed E-state index contributed by atoms with van der Waals surface area (Å²) >= 11 is 2.61. The molecule has 2 heterocycles. The van der Waals surface area contributed by atoms with Gasteiger partial charge in [0.15, 0.2) is 5.16 Å². The number of rotatable bonds is 6. The summed E-state index contributed by atoms with van der Waals surface area (Å²) in [6.07, 6.45) is 4.57. The van der Waals surface area contributed by atoms with Crippen molar-refractivity contribution in [2.45, 2.75) is 56.6 Å². The minimum atomic E-state index is -0.899. The number of carbonyl (C=O) groups excluding carboxylic acids is 1. The fourth-order valence-electron chi connectivity index (χ4n) is 4.65. The fourth-order valence-corrected chi connectivity index (χ4v) is 6.88. The average molecular weight is 497 g/mol. The van der Waals surface area contributed by atoms with E-state index in [9.17, 15) is 19.2 Å². The molecule has 34 heavy (non-hydrogen) atoms. The molecule has 0 radical (unpaired) electrons. The molecule has 0 aliphatic heterocycles. The first-order valence-corrected chi connectivity index (χ1v) is 13.3. The number of para-hydroxylation sites is 1. The molecule has 0 bridgehead atoms. The van der Waals surface area contributed by atoms with Crippen LogP contribution in [0.2, 0.25) is 0 Å². The summed E-state index contributed by atoms with van der Waals surface area (Å²) < 4.78 is 16.1. The number of aryl methyl sites for hydroxylation is 1. The van der Waals surface area contributed by atoms with E-state index in [-0.39, 0.29) is 34.0 Å². The van der Waals surface area contributed by atoms with Gasteiger partial charge < -0.3 is 5.32 Å². The maximum atomic E-state index is 14.8. The third-order valence-electron chi connectivity index (χ3n) is 6.75. The molecule has 3 aromatic rings. The highest BCUT2D eigenvalue weighted by Gasteiger charge is 2.43. The fraction of sp³-hybridized carbons (Fsp3) is 0.440. The molecule has 1 saturated carbocycles. The molecule has 176 valence electrons. The standard InChI is InChI=1S/C25H25FN4O2S2/c1-14-7-10-16-19(11-14)34-22-21(16)23(32)30(18-6-4-3-5-17(18)26)24(28-22)33-12-20(31)29-25(2,13-27)15-8-9-15/h3-6,14-15H,7-12H2,1-2H3,(H,29,31). The van der Waals surface area contributed by atoms with Gasteiger partial charge in [-0.25, -0.2) is 9.37 Å². The zero-order valence-corrected chi connectivity index (χ0v) is 20.7. The molecule has 1 N–H and O–H groups in total. The van der Waals surface area contributed by atoms with Crippen LogP contribution in [0, 0.1) is 29.0 Å². The zero-order chi connectivity index (χ0) is 24.0. The lowest BCUT2D eigenvalue weighted by atomic mass is 9.89. The van der Waals surface area contributed by atoms with E-state index in [1.54, 1.807) is 25.1 Å². The zero-order valence-electron chi connectivity index (χ0n) is 19.1. The highest BCUT2D eigenvalue weighted by molar-refractivity contribution is 7.99. The lowest BCUT2D eigenvalue weighted by molar-refractivity contribution is -0.119. The number of nitrogens with zero attached hydrogens (tertiary/aromatic N) is 3. The van der Waals surface area contributed by atoms with Crippen LogP contribution in [0.1, 0.15) is 43.6 Å². The van der Waals surface area contributed by atoms with Crippen LogP contribution in [0.15, 0.2) is 34.2 Å². The lowest BCUT2D eigenvalue weighted by Gasteiger charge is -2.22. The van der Waals surface area contributed by atoms with E-state index in [1.165, 1.54) is 26.8 Å². The molecule has 1 amide bonds. The predicted octanol–water partition coefficient (Wildman–Crippen LogP) is 4.61.